The van der Waals surface area contributed by atoms with Gasteiger partial charge in [0.05, 0.1) is 5.56 Å². The number of carboxylic acids is 1. The topological polar surface area (TPSA) is 77.8 Å². The summed E-state index contributed by atoms with van der Waals surface area (Å²) in [7, 11) is 0. The summed E-state index contributed by atoms with van der Waals surface area (Å²) in [5, 5.41) is 27.1. The number of hydrogen-bond donors (Lipinski definition) is 3. The van der Waals surface area contributed by atoms with Crippen LogP contribution in [0.4, 0.5) is 0 Å². The molecule has 0 atom stereocenters. The summed E-state index contributed by atoms with van der Waals surface area (Å²) in [5.41, 5.74) is 4.44. The third kappa shape index (κ3) is 6.18. The van der Waals surface area contributed by atoms with Gasteiger partial charge in [-0.1, -0.05) is 42.5 Å². The molecule has 0 unspecified atom stereocenters. The first-order valence-corrected chi connectivity index (χ1v) is 8.48. The third-order valence-electron chi connectivity index (χ3n) is 3.92. The lowest BCUT2D eigenvalue weighted by Gasteiger charge is -2.07. The predicted molar refractivity (Wildman–Crippen MR) is 99.6 cm³/mol. The van der Waals surface area contributed by atoms with Gasteiger partial charge in [-0.3, -0.25) is 0 Å². The van der Waals surface area contributed by atoms with Crippen LogP contribution in [-0.4, -0.2) is 34.5 Å². The first kappa shape index (κ1) is 18.9. The van der Waals surface area contributed by atoms with Gasteiger partial charge in [-0.15, -0.1) is 0 Å². The van der Waals surface area contributed by atoms with Gasteiger partial charge in [0, 0.05) is 13.2 Å². The van der Waals surface area contributed by atoms with Gasteiger partial charge in [0.2, 0.25) is 0 Å². The molecule has 0 saturated heterocycles. The van der Waals surface area contributed by atoms with Crippen LogP contribution in [0.1, 0.15) is 45.5 Å². The number of aliphatic hydroxyl groups excluding tert-OH is 2. The molecule has 0 amide bonds. The molecule has 132 valence electrons. The maximum absolute atomic E-state index is 11.1. The Morgan fingerprint density at radius 1 is 0.840 bits per heavy atom. The quantitative estimate of drug-likeness (QED) is 0.611. The fourth-order valence-electron chi connectivity index (χ4n) is 2.71. The third-order valence-corrected chi connectivity index (χ3v) is 3.92. The molecule has 0 spiro atoms. The molecule has 0 saturated carbocycles. The Bertz CT molecular complexity index is 708. The average Bonchev–Trinajstić information content (AvgIpc) is 2.63. The predicted octanol–water partition coefficient (Wildman–Crippen LogP) is 3.41. The van der Waals surface area contributed by atoms with Gasteiger partial charge in [0.15, 0.2) is 0 Å². The fraction of sp³-hybridized carbons (Fsp3) is 0.286. The first-order valence-electron chi connectivity index (χ1n) is 8.48. The minimum absolute atomic E-state index is 0.161. The zero-order valence-corrected chi connectivity index (χ0v) is 14.2. The van der Waals surface area contributed by atoms with Gasteiger partial charge in [0.25, 0.3) is 0 Å². The van der Waals surface area contributed by atoms with Crippen molar-refractivity contribution in [1.29, 1.82) is 0 Å². The highest BCUT2D eigenvalue weighted by Gasteiger charge is 2.03. The van der Waals surface area contributed by atoms with Gasteiger partial charge in [0.1, 0.15) is 0 Å². The maximum atomic E-state index is 11.1. The van der Waals surface area contributed by atoms with Crippen LogP contribution in [0.5, 0.6) is 0 Å². The van der Waals surface area contributed by atoms with Crippen LogP contribution in [-0.2, 0) is 12.8 Å². The van der Waals surface area contributed by atoms with Crippen LogP contribution >= 0.6 is 0 Å². The second-order valence-electron chi connectivity index (χ2n) is 6.00. The standard InChI is InChI=1S/C21H24O4/c22-10-2-5-17-12-18(6-3-11-23)14-19(13-17)9-8-16-4-1-7-20(15-16)21(24)25/h1,4,7-9,12-15,22-23H,2-3,5-6,10-11H2,(H,24,25). The second kappa shape index (κ2) is 9.77. The van der Waals surface area contributed by atoms with E-state index in [1.54, 1.807) is 18.2 Å². The van der Waals surface area contributed by atoms with E-state index in [1.165, 1.54) is 0 Å². The normalized spacial score (nSPS) is 11.1. The Kier molecular flexibility index (Phi) is 7.38. The van der Waals surface area contributed by atoms with E-state index in [4.69, 9.17) is 15.3 Å². The maximum Gasteiger partial charge on any atom is 0.335 e. The molecule has 2 rings (SSSR count). The van der Waals surface area contributed by atoms with Crippen molar-refractivity contribution in [2.75, 3.05) is 13.2 Å². The van der Waals surface area contributed by atoms with Crippen LogP contribution < -0.4 is 0 Å². The minimum Gasteiger partial charge on any atom is -0.478 e. The summed E-state index contributed by atoms with van der Waals surface area (Å²) in [5.74, 6) is -0.937. The van der Waals surface area contributed by atoms with Crippen molar-refractivity contribution >= 4 is 18.1 Å². The van der Waals surface area contributed by atoms with Gasteiger partial charge in [-0.2, -0.15) is 0 Å². The summed E-state index contributed by atoms with van der Waals surface area (Å²) in [6.45, 7) is 0.321. The summed E-state index contributed by atoms with van der Waals surface area (Å²) in [6.07, 6.45) is 6.90. The van der Waals surface area contributed by atoms with Crippen LogP contribution in [0.15, 0.2) is 42.5 Å². The average molecular weight is 340 g/mol. The zero-order chi connectivity index (χ0) is 18.1. The lowest BCUT2D eigenvalue weighted by atomic mass is 9.99. The Labute approximate surface area is 148 Å². The van der Waals surface area contributed by atoms with Gasteiger partial charge in [-0.05, 0) is 60.1 Å². The molecule has 4 heteroatoms. The Morgan fingerprint density at radius 3 is 2.00 bits per heavy atom. The van der Waals surface area contributed by atoms with Crippen LogP contribution in [0, 0.1) is 0 Å². The molecule has 0 aliphatic heterocycles. The van der Waals surface area contributed by atoms with Crippen molar-refractivity contribution in [3.05, 3.63) is 70.3 Å². The van der Waals surface area contributed by atoms with Crippen LogP contribution in [0.3, 0.4) is 0 Å². The zero-order valence-electron chi connectivity index (χ0n) is 14.2. The Hall–Kier alpha value is -2.43. The van der Waals surface area contributed by atoms with E-state index < -0.39 is 5.97 Å². The minimum atomic E-state index is -0.937. The van der Waals surface area contributed by atoms with Crippen molar-refractivity contribution in [3.63, 3.8) is 0 Å². The fourth-order valence-corrected chi connectivity index (χ4v) is 2.71. The number of aliphatic hydroxyl groups is 2. The SMILES string of the molecule is O=C(O)c1cccc(C=Cc2cc(CCCO)cc(CCCO)c2)c1. The van der Waals surface area contributed by atoms with E-state index in [0.29, 0.717) is 12.8 Å². The number of hydrogen-bond acceptors (Lipinski definition) is 3. The summed E-state index contributed by atoms with van der Waals surface area (Å²) < 4.78 is 0. The second-order valence-corrected chi connectivity index (χ2v) is 6.00. The monoisotopic (exact) mass is 340 g/mol. The summed E-state index contributed by atoms with van der Waals surface area (Å²) in [4.78, 5) is 11.1. The first-order chi connectivity index (χ1) is 12.1. The van der Waals surface area contributed by atoms with E-state index in [1.807, 2.05) is 18.2 Å². The van der Waals surface area contributed by atoms with Crippen molar-refractivity contribution in [3.8, 4) is 0 Å². The van der Waals surface area contributed by atoms with E-state index in [0.717, 1.165) is 35.1 Å². The summed E-state index contributed by atoms with van der Waals surface area (Å²) in [6, 6.07) is 13.1. The van der Waals surface area contributed by atoms with Crippen molar-refractivity contribution in [2.45, 2.75) is 25.7 Å². The number of rotatable bonds is 9. The van der Waals surface area contributed by atoms with Crippen molar-refractivity contribution in [2.24, 2.45) is 0 Å². The van der Waals surface area contributed by atoms with Crippen molar-refractivity contribution in [1.82, 2.24) is 0 Å². The van der Waals surface area contributed by atoms with E-state index >= 15 is 0 Å². The highest BCUT2D eigenvalue weighted by molar-refractivity contribution is 5.88. The number of aryl methyl sites for hydroxylation is 2. The number of carbonyl (C=O) groups is 1. The summed E-state index contributed by atoms with van der Waals surface area (Å²) >= 11 is 0. The molecule has 0 fully saturated rings. The molecule has 2 aromatic carbocycles. The van der Waals surface area contributed by atoms with Gasteiger partial charge < -0.3 is 15.3 Å². The molecular weight excluding hydrogens is 316 g/mol. The lowest BCUT2D eigenvalue weighted by Crippen LogP contribution is -1.96. The van der Waals surface area contributed by atoms with Crippen LogP contribution in [0.25, 0.3) is 12.2 Å². The molecule has 0 bridgehead atoms. The highest BCUT2D eigenvalue weighted by atomic mass is 16.4. The molecule has 0 radical (unpaired) electrons. The Morgan fingerprint density at radius 2 is 1.44 bits per heavy atom. The van der Waals surface area contributed by atoms with E-state index in [2.05, 4.69) is 18.2 Å². The van der Waals surface area contributed by atoms with Crippen molar-refractivity contribution < 1.29 is 20.1 Å². The molecule has 3 N–H and O–H groups in total. The lowest BCUT2D eigenvalue weighted by molar-refractivity contribution is 0.0697. The molecule has 0 heterocycles. The number of benzene rings is 2. The molecule has 2 aromatic rings. The molecule has 25 heavy (non-hydrogen) atoms. The van der Waals surface area contributed by atoms with Gasteiger partial charge in [-0.25, -0.2) is 4.79 Å². The molecule has 0 aliphatic rings. The van der Waals surface area contributed by atoms with Crippen LogP contribution in [0.2, 0.25) is 0 Å². The largest absolute Gasteiger partial charge is 0.478 e. The smallest absolute Gasteiger partial charge is 0.335 e. The van der Waals surface area contributed by atoms with E-state index in [-0.39, 0.29) is 18.8 Å². The number of aromatic carboxylic acids is 1. The number of carboxylic acid groups (broad SMARTS) is 1. The highest BCUT2D eigenvalue weighted by Crippen LogP contribution is 2.17. The molecule has 4 nitrogen and oxygen atoms in total. The van der Waals surface area contributed by atoms with Gasteiger partial charge >= 0.3 is 5.97 Å². The molecular formula is C21H24O4. The van der Waals surface area contributed by atoms with E-state index in [9.17, 15) is 4.79 Å². The molecule has 0 aliphatic carbocycles. The Balaban J connectivity index is 2.23. The molecule has 0 aromatic heterocycles.